The van der Waals surface area contributed by atoms with Gasteiger partial charge in [0.05, 0.1) is 11.3 Å². The van der Waals surface area contributed by atoms with E-state index < -0.39 is 0 Å². The lowest BCUT2D eigenvalue weighted by Gasteiger charge is -2.13. The van der Waals surface area contributed by atoms with Crippen LogP contribution in [0.1, 0.15) is 16.1 Å². The number of carbonyl (C=O) groups excluding carboxylic acids is 1. The van der Waals surface area contributed by atoms with E-state index >= 15 is 0 Å². The van der Waals surface area contributed by atoms with Crippen molar-refractivity contribution in [3.63, 3.8) is 0 Å². The molecule has 5 heteroatoms. The number of anilines is 1. The maximum absolute atomic E-state index is 12.5. The lowest BCUT2D eigenvalue weighted by atomic mass is 10.1. The van der Waals surface area contributed by atoms with Gasteiger partial charge >= 0.3 is 0 Å². The number of aromatic nitrogens is 2. The van der Waals surface area contributed by atoms with Gasteiger partial charge in [-0.05, 0) is 24.3 Å². The average Bonchev–Trinajstić information content (AvgIpc) is 2.73. The van der Waals surface area contributed by atoms with E-state index in [1.807, 2.05) is 54.6 Å². The van der Waals surface area contributed by atoms with Crippen LogP contribution >= 0.6 is 0 Å². The zero-order valence-electron chi connectivity index (χ0n) is 15.1. The Balaban J connectivity index is 1.82. The summed E-state index contributed by atoms with van der Waals surface area (Å²) in [6.07, 6.45) is 4.17. The normalized spacial score (nSPS) is 10.2. The summed E-state index contributed by atoms with van der Waals surface area (Å²) >= 11 is 0. The summed E-state index contributed by atoms with van der Waals surface area (Å²) in [6, 6.07) is 19.4. The van der Waals surface area contributed by atoms with Gasteiger partial charge in [0, 0.05) is 37.0 Å². The van der Waals surface area contributed by atoms with Crippen LogP contribution in [0.5, 0.6) is 0 Å². The minimum atomic E-state index is -0.178. The van der Waals surface area contributed by atoms with Gasteiger partial charge in [-0.2, -0.15) is 0 Å². The molecule has 136 valence electrons. The van der Waals surface area contributed by atoms with Crippen LogP contribution in [0.25, 0.3) is 11.3 Å². The maximum atomic E-state index is 12.5. The van der Waals surface area contributed by atoms with Crippen molar-refractivity contribution < 1.29 is 4.79 Å². The third kappa shape index (κ3) is 5.01. The predicted octanol–water partition coefficient (Wildman–Crippen LogP) is 3.71. The van der Waals surface area contributed by atoms with Gasteiger partial charge in [0.25, 0.3) is 5.91 Å². The number of benzene rings is 1. The first-order valence-electron chi connectivity index (χ1n) is 8.87. The van der Waals surface area contributed by atoms with Crippen molar-refractivity contribution in [2.24, 2.45) is 0 Å². The van der Waals surface area contributed by atoms with E-state index in [1.54, 1.807) is 18.3 Å². The second-order valence-corrected chi connectivity index (χ2v) is 5.96. The van der Waals surface area contributed by atoms with Gasteiger partial charge in [-0.25, -0.2) is 4.98 Å². The zero-order valence-corrected chi connectivity index (χ0v) is 15.1. The molecule has 5 nitrogen and oxygen atoms in total. The molecule has 2 N–H and O–H groups in total. The van der Waals surface area contributed by atoms with Crippen molar-refractivity contribution >= 4 is 11.7 Å². The molecule has 0 aliphatic heterocycles. The molecule has 2 aromatic heterocycles. The van der Waals surface area contributed by atoms with Crippen LogP contribution in [0.4, 0.5) is 5.82 Å². The van der Waals surface area contributed by atoms with Crippen LogP contribution in [-0.4, -0.2) is 29.0 Å². The Morgan fingerprint density at radius 1 is 1.04 bits per heavy atom. The number of hydrogen-bond donors (Lipinski definition) is 2. The van der Waals surface area contributed by atoms with Crippen molar-refractivity contribution in [3.05, 3.63) is 90.8 Å². The van der Waals surface area contributed by atoms with E-state index in [1.165, 1.54) is 0 Å². The van der Waals surface area contributed by atoms with Crippen LogP contribution in [0.15, 0.2) is 79.5 Å². The second-order valence-electron chi connectivity index (χ2n) is 5.96. The molecule has 3 aromatic rings. The van der Waals surface area contributed by atoms with E-state index in [0.717, 1.165) is 23.4 Å². The van der Waals surface area contributed by atoms with Crippen LogP contribution in [-0.2, 0) is 6.42 Å². The van der Waals surface area contributed by atoms with Gasteiger partial charge in [-0.1, -0.05) is 42.5 Å². The number of pyridine rings is 2. The molecule has 0 unspecified atom stereocenters. The number of carbonyl (C=O) groups is 1. The average molecular weight is 358 g/mol. The lowest BCUT2D eigenvalue weighted by molar-refractivity contribution is 0.0958. The fourth-order valence-electron chi connectivity index (χ4n) is 2.66. The van der Waals surface area contributed by atoms with E-state index in [0.29, 0.717) is 24.5 Å². The van der Waals surface area contributed by atoms with Gasteiger partial charge in [0.1, 0.15) is 5.82 Å². The number of nitrogens with one attached hydrogen (secondary N) is 2. The molecule has 0 aliphatic carbocycles. The Bertz CT molecular complexity index is 895. The van der Waals surface area contributed by atoms with E-state index in [9.17, 15) is 4.79 Å². The Kier molecular flexibility index (Phi) is 6.30. The highest BCUT2D eigenvalue weighted by molar-refractivity contribution is 5.99. The van der Waals surface area contributed by atoms with Crippen molar-refractivity contribution in [1.82, 2.24) is 15.3 Å². The summed E-state index contributed by atoms with van der Waals surface area (Å²) in [4.78, 5) is 21.5. The third-order valence-corrected chi connectivity index (χ3v) is 4.02. The highest BCUT2D eigenvalue weighted by atomic mass is 16.1. The van der Waals surface area contributed by atoms with Crippen LogP contribution in [0, 0.1) is 0 Å². The summed E-state index contributed by atoms with van der Waals surface area (Å²) in [6.45, 7) is 4.67. The van der Waals surface area contributed by atoms with Gasteiger partial charge in [0.15, 0.2) is 0 Å². The molecule has 0 saturated carbocycles. The first-order valence-corrected chi connectivity index (χ1v) is 8.87. The molecule has 0 bridgehead atoms. The molecular weight excluding hydrogens is 336 g/mol. The topological polar surface area (TPSA) is 66.9 Å². The van der Waals surface area contributed by atoms with Crippen LogP contribution in [0.2, 0.25) is 0 Å². The first kappa shape index (κ1) is 18.3. The van der Waals surface area contributed by atoms with Gasteiger partial charge in [-0.3, -0.25) is 9.78 Å². The molecule has 3 rings (SSSR count). The monoisotopic (exact) mass is 358 g/mol. The summed E-state index contributed by atoms with van der Waals surface area (Å²) in [7, 11) is 0. The van der Waals surface area contributed by atoms with Gasteiger partial charge in [-0.15, -0.1) is 6.58 Å². The molecule has 0 atom stereocenters. The SMILES string of the molecule is C=CCNC(=O)c1ccc(-c2ccccc2)nc1NCCc1ccccn1. The highest BCUT2D eigenvalue weighted by Crippen LogP contribution is 2.22. The summed E-state index contributed by atoms with van der Waals surface area (Å²) in [5.74, 6) is 0.385. The molecule has 0 spiro atoms. The second kappa shape index (κ2) is 9.29. The number of rotatable bonds is 8. The van der Waals surface area contributed by atoms with Crippen molar-refractivity contribution in [2.45, 2.75) is 6.42 Å². The molecule has 0 radical (unpaired) electrons. The largest absolute Gasteiger partial charge is 0.369 e. The fraction of sp³-hybridized carbons (Fsp3) is 0.136. The summed E-state index contributed by atoms with van der Waals surface area (Å²) in [5.41, 5.74) is 3.32. The maximum Gasteiger partial charge on any atom is 0.255 e. The Labute approximate surface area is 159 Å². The number of hydrogen-bond acceptors (Lipinski definition) is 4. The van der Waals surface area contributed by atoms with Gasteiger partial charge < -0.3 is 10.6 Å². The molecule has 1 amide bonds. The standard InChI is InChI=1S/C22H22N4O/c1-2-14-25-22(27)19-11-12-20(17-8-4-3-5-9-17)26-21(19)24-16-13-18-10-6-7-15-23-18/h2-12,15H,1,13-14,16H2,(H,24,26)(H,25,27). The highest BCUT2D eigenvalue weighted by Gasteiger charge is 2.13. The van der Waals surface area contributed by atoms with E-state index in [2.05, 4.69) is 27.2 Å². The van der Waals surface area contributed by atoms with Crippen molar-refractivity contribution in [1.29, 1.82) is 0 Å². The number of amides is 1. The molecule has 0 fully saturated rings. The van der Waals surface area contributed by atoms with Crippen LogP contribution in [0.3, 0.4) is 0 Å². The van der Waals surface area contributed by atoms with Crippen LogP contribution < -0.4 is 10.6 Å². The molecule has 2 heterocycles. The third-order valence-electron chi connectivity index (χ3n) is 4.02. The molecular formula is C22H22N4O. The number of nitrogens with zero attached hydrogens (tertiary/aromatic N) is 2. The summed E-state index contributed by atoms with van der Waals surface area (Å²) < 4.78 is 0. The molecule has 1 aromatic carbocycles. The molecule has 0 aliphatic rings. The fourth-order valence-corrected chi connectivity index (χ4v) is 2.66. The Hall–Kier alpha value is -3.47. The lowest BCUT2D eigenvalue weighted by Crippen LogP contribution is -2.25. The molecule has 27 heavy (non-hydrogen) atoms. The van der Waals surface area contributed by atoms with E-state index in [4.69, 9.17) is 0 Å². The van der Waals surface area contributed by atoms with E-state index in [-0.39, 0.29) is 5.91 Å². The Morgan fingerprint density at radius 3 is 2.59 bits per heavy atom. The quantitative estimate of drug-likeness (QED) is 0.602. The minimum Gasteiger partial charge on any atom is -0.369 e. The predicted molar refractivity (Wildman–Crippen MR) is 109 cm³/mol. The first-order chi connectivity index (χ1) is 13.3. The van der Waals surface area contributed by atoms with Crippen molar-refractivity contribution in [3.8, 4) is 11.3 Å². The summed E-state index contributed by atoms with van der Waals surface area (Å²) in [5, 5.41) is 6.10. The zero-order chi connectivity index (χ0) is 18.9. The Morgan fingerprint density at radius 2 is 1.85 bits per heavy atom. The van der Waals surface area contributed by atoms with Gasteiger partial charge in [0.2, 0.25) is 0 Å². The minimum absolute atomic E-state index is 0.178. The van der Waals surface area contributed by atoms with Crippen molar-refractivity contribution in [2.75, 3.05) is 18.4 Å². The smallest absolute Gasteiger partial charge is 0.255 e. The molecule has 0 saturated heterocycles.